The number of carbonyl (C=O) groups excluding carboxylic acids is 2. The second kappa shape index (κ2) is 9.21. The Balaban J connectivity index is 1.59. The van der Waals surface area contributed by atoms with E-state index in [1.165, 1.54) is 53.5 Å². The topological polar surface area (TPSA) is 198 Å². The van der Waals surface area contributed by atoms with Crippen LogP contribution >= 0.6 is 0 Å². The van der Waals surface area contributed by atoms with Crippen LogP contribution in [0.5, 0.6) is 0 Å². The van der Waals surface area contributed by atoms with Crippen molar-refractivity contribution in [1.82, 2.24) is 21.2 Å². The van der Waals surface area contributed by atoms with Crippen LogP contribution in [0.2, 0.25) is 0 Å². The number of nitrogens with two attached hydrogens (primary N) is 1. The summed E-state index contributed by atoms with van der Waals surface area (Å²) in [7, 11) is 0. The van der Waals surface area contributed by atoms with Gasteiger partial charge in [-0.15, -0.1) is 5.10 Å². The van der Waals surface area contributed by atoms with Crippen molar-refractivity contribution in [2.75, 3.05) is 0 Å². The van der Waals surface area contributed by atoms with Crippen molar-refractivity contribution in [2.45, 2.75) is 31.2 Å². The number of carbonyl (C=O) groups is 2. The van der Waals surface area contributed by atoms with Crippen LogP contribution in [0.1, 0.15) is 33.6 Å². The fourth-order valence-corrected chi connectivity index (χ4v) is 3.96. The van der Waals surface area contributed by atoms with Gasteiger partial charge < -0.3 is 5.73 Å². The molecule has 0 amide bonds. The number of Topliss-reactive ketones (excluding diaryl/α,β-unsaturated/α-hetero) is 2. The molecular formula is C20H20N8O6. The Morgan fingerprint density at radius 1 is 0.912 bits per heavy atom. The monoisotopic (exact) mass is 468 g/mol. The molecule has 2 aliphatic heterocycles. The molecule has 2 aromatic carbocycles. The van der Waals surface area contributed by atoms with Crippen LogP contribution in [0, 0.1) is 20.2 Å². The van der Waals surface area contributed by atoms with E-state index in [0.29, 0.717) is 0 Å². The van der Waals surface area contributed by atoms with Gasteiger partial charge in [-0.3, -0.25) is 40.6 Å². The first kappa shape index (κ1) is 22.8. The molecule has 14 heteroatoms. The van der Waals surface area contributed by atoms with Gasteiger partial charge in [0.1, 0.15) is 0 Å². The highest BCUT2D eigenvalue weighted by molar-refractivity contribution is 6.01. The molecule has 1 saturated heterocycles. The maximum absolute atomic E-state index is 13.0. The predicted molar refractivity (Wildman–Crippen MR) is 118 cm³/mol. The molecule has 0 spiro atoms. The van der Waals surface area contributed by atoms with Crippen molar-refractivity contribution in [3.8, 4) is 0 Å². The van der Waals surface area contributed by atoms with Crippen molar-refractivity contribution >= 4 is 28.9 Å². The molecule has 34 heavy (non-hydrogen) atoms. The molecule has 1 fully saturated rings. The standard InChI is InChI=1S/C20H20N8O6/c21-19-23-24-20-22-13(9-17(29)11-5-1-3-7-15(11)27(31)32)14(25-26(19)20)10-18(30)12-6-2-4-8-16(12)28(33)34/h1-8,13-14,20,22,24-25H,9-10H2,(H2,21,23). The first-order valence-corrected chi connectivity index (χ1v) is 10.2. The predicted octanol–water partition coefficient (Wildman–Crippen LogP) is 0.612. The number of ketones is 2. The number of nitrogens with one attached hydrogen (secondary N) is 3. The van der Waals surface area contributed by atoms with Gasteiger partial charge in [-0.2, -0.15) is 0 Å². The second-order valence-electron chi connectivity index (χ2n) is 7.68. The number of nitro groups is 2. The Morgan fingerprint density at radius 2 is 1.41 bits per heavy atom. The zero-order valence-electron chi connectivity index (χ0n) is 17.6. The summed E-state index contributed by atoms with van der Waals surface area (Å²) in [4.78, 5) is 47.4. The number of guanidine groups is 1. The SMILES string of the molecule is NC1=NNC2NC(CC(=O)c3ccccc3[N+](=O)[O-])C(CC(=O)c3ccccc3[N+](=O)[O-])NN12. The van der Waals surface area contributed by atoms with Crippen LogP contribution in [0.25, 0.3) is 0 Å². The number of hydrazine groups is 1. The summed E-state index contributed by atoms with van der Waals surface area (Å²) in [6.45, 7) is 0. The largest absolute Gasteiger partial charge is 0.367 e. The molecule has 0 aliphatic carbocycles. The van der Waals surface area contributed by atoms with Gasteiger partial charge in [-0.25, -0.2) is 10.4 Å². The first-order chi connectivity index (χ1) is 16.3. The third-order valence-electron chi connectivity index (χ3n) is 5.58. The lowest BCUT2D eigenvalue weighted by molar-refractivity contribution is -0.385. The van der Waals surface area contributed by atoms with Crippen LogP contribution in [0.3, 0.4) is 0 Å². The third kappa shape index (κ3) is 4.39. The van der Waals surface area contributed by atoms with Crippen LogP contribution in [0.4, 0.5) is 11.4 Å². The zero-order valence-corrected chi connectivity index (χ0v) is 17.6. The maximum atomic E-state index is 13.0. The maximum Gasteiger partial charge on any atom is 0.280 e. The normalized spacial score (nSPS) is 21.2. The average Bonchev–Trinajstić information content (AvgIpc) is 3.18. The number of hydrazone groups is 1. The molecule has 0 radical (unpaired) electrons. The van der Waals surface area contributed by atoms with E-state index < -0.39 is 39.8 Å². The van der Waals surface area contributed by atoms with Crippen LogP contribution in [-0.2, 0) is 0 Å². The van der Waals surface area contributed by atoms with E-state index in [1.54, 1.807) is 0 Å². The summed E-state index contributed by atoms with van der Waals surface area (Å²) in [6, 6.07) is 9.75. The zero-order chi connectivity index (χ0) is 24.4. The minimum absolute atomic E-state index is 0.0596. The highest BCUT2D eigenvalue weighted by Crippen LogP contribution is 2.25. The number of nitro benzene ring substituents is 2. The van der Waals surface area contributed by atoms with Crippen molar-refractivity contribution in [1.29, 1.82) is 0 Å². The molecule has 14 nitrogen and oxygen atoms in total. The summed E-state index contributed by atoms with van der Waals surface area (Å²) in [5, 5.41) is 31.1. The van der Waals surface area contributed by atoms with Gasteiger partial charge in [0.2, 0.25) is 5.96 Å². The van der Waals surface area contributed by atoms with E-state index in [1.807, 2.05) is 0 Å². The number of hydrogen-bond donors (Lipinski definition) is 4. The van der Waals surface area contributed by atoms with E-state index in [-0.39, 0.29) is 41.3 Å². The molecule has 2 heterocycles. The molecule has 5 N–H and O–H groups in total. The molecule has 0 bridgehead atoms. The Kier molecular flexibility index (Phi) is 6.16. The van der Waals surface area contributed by atoms with Gasteiger partial charge in [0.15, 0.2) is 17.9 Å². The summed E-state index contributed by atoms with van der Waals surface area (Å²) >= 11 is 0. The van der Waals surface area contributed by atoms with E-state index in [2.05, 4.69) is 21.3 Å². The van der Waals surface area contributed by atoms with Crippen LogP contribution in [-0.4, -0.2) is 50.8 Å². The van der Waals surface area contributed by atoms with Crippen molar-refractivity contribution in [3.63, 3.8) is 0 Å². The molecule has 0 aromatic heterocycles. The Labute approximate surface area is 192 Å². The fourth-order valence-electron chi connectivity index (χ4n) is 3.96. The number of fused-ring (bicyclic) bond motifs is 1. The van der Waals surface area contributed by atoms with Crippen molar-refractivity contribution in [3.05, 3.63) is 79.9 Å². The molecule has 2 aliphatic rings. The lowest BCUT2D eigenvalue weighted by Crippen LogP contribution is -2.71. The summed E-state index contributed by atoms with van der Waals surface area (Å²) in [5.74, 6) is -0.935. The molecular weight excluding hydrogens is 448 g/mol. The quantitative estimate of drug-likeness (QED) is 0.240. The lowest BCUT2D eigenvalue weighted by Gasteiger charge is -2.42. The van der Waals surface area contributed by atoms with Crippen LogP contribution < -0.4 is 21.9 Å². The number of nitrogens with zero attached hydrogens (tertiary/aromatic N) is 4. The molecule has 2 aromatic rings. The van der Waals surface area contributed by atoms with Crippen molar-refractivity contribution < 1.29 is 19.4 Å². The van der Waals surface area contributed by atoms with Crippen LogP contribution in [0.15, 0.2) is 53.6 Å². The molecule has 3 atom stereocenters. The summed E-state index contributed by atoms with van der Waals surface area (Å²) in [5.41, 5.74) is 10.8. The Bertz CT molecular complexity index is 1200. The van der Waals surface area contributed by atoms with Gasteiger partial charge in [-0.05, 0) is 12.1 Å². The van der Waals surface area contributed by atoms with Gasteiger partial charge in [-0.1, -0.05) is 24.3 Å². The average molecular weight is 468 g/mol. The Hall–Kier alpha value is -4.43. The molecule has 176 valence electrons. The van der Waals surface area contributed by atoms with E-state index in [0.717, 1.165) is 0 Å². The molecule has 3 unspecified atom stereocenters. The highest BCUT2D eigenvalue weighted by Gasteiger charge is 2.41. The number of hydrogen-bond acceptors (Lipinski definition) is 12. The van der Waals surface area contributed by atoms with E-state index in [9.17, 15) is 29.8 Å². The number of para-hydroxylation sites is 2. The Morgan fingerprint density at radius 3 is 1.94 bits per heavy atom. The van der Waals surface area contributed by atoms with Gasteiger partial charge in [0, 0.05) is 37.1 Å². The second-order valence-corrected chi connectivity index (χ2v) is 7.68. The third-order valence-corrected chi connectivity index (χ3v) is 5.58. The van der Waals surface area contributed by atoms with Gasteiger partial charge in [0.05, 0.1) is 21.0 Å². The summed E-state index contributed by atoms with van der Waals surface area (Å²) < 4.78 is 0. The fraction of sp³-hybridized carbons (Fsp3) is 0.250. The minimum atomic E-state index is -0.732. The van der Waals surface area contributed by atoms with E-state index in [4.69, 9.17) is 5.73 Å². The minimum Gasteiger partial charge on any atom is -0.367 e. The van der Waals surface area contributed by atoms with Gasteiger partial charge in [0.25, 0.3) is 11.4 Å². The lowest BCUT2D eigenvalue weighted by atomic mass is 9.92. The summed E-state index contributed by atoms with van der Waals surface area (Å²) in [6.07, 6.45) is -1.04. The number of benzene rings is 2. The smallest absolute Gasteiger partial charge is 0.280 e. The highest BCUT2D eigenvalue weighted by atomic mass is 16.6. The van der Waals surface area contributed by atoms with E-state index >= 15 is 0 Å². The van der Waals surface area contributed by atoms with Gasteiger partial charge >= 0.3 is 0 Å². The van der Waals surface area contributed by atoms with Crippen molar-refractivity contribution in [2.24, 2.45) is 10.8 Å². The first-order valence-electron chi connectivity index (χ1n) is 10.2. The molecule has 4 rings (SSSR count). The number of rotatable bonds is 8. The molecule has 0 saturated carbocycles.